The Labute approximate surface area is 191 Å². The molecule has 5 nitrogen and oxygen atoms in total. The number of rotatable bonds is 4. The Morgan fingerprint density at radius 3 is 2.48 bits per heavy atom. The Hall–Kier alpha value is -2.46. The number of hydrogen-bond acceptors (Lipinski definition) is 4. The lowest BCUT2D eigenvalue weighted by Gasteiger charge is -2.34. The quantitative estimate of drug-likeness (QED) is 0.544. The van der Waals surface area contributed by atoms with Crippen LogP contribution in [0.5, 0.6) is 0 Å². The van der Waals surface area contributed by atoms with Gasteiger partial charge < -0.3 is 15.8 Å². The molecule has 2 bridgehead atoms. The third kappa shape index (κ3) is 3.73. The number of ether oxygens (including phenoxy) is 1. The number of nitrogens with two attached hydrogens (primary N) is 1. The van der Waals surface area contributed by atoms with E-state index in [4.69, 9.17) is 10.5 Å². The Kier molecular flexibility index (Phi) is 5.48. The predicted molar refractivity (Wildman–Crippen MR) is 114 cm³/mol. The average Bonchev–Trinajstić information content (AvgIpc) is 3.47. The van der Waals surface area contributed by atoms with Crippen molar-refractivity contribution < 1.29 is 31.9 Å². The molecule has 1 aromatic heterocycles. The van der Waals surface area contributed by atoms with Gasteiger partial charge in [-0.3, -0.25) is 9.59 Å². The minimum absolute atomic E-state index is 0.0491. The number of halogens is 4. The maximum atomic E-state index is 14.3. The van der Waals surface area contributed by atoms with E-state index in [1.54, 1.807) is 0 Å². The number of carbonyl (C=O) groups excluding carboxylic acids is 2. The number of thiophene rings is 1. The molecular weight excluding hydrogens is 460 g/mol. The van der Waals surface area contributed by atoms with Gasteiger partial charge in [0.25, 0.3) is 11.8 Å². The first-order valence-electron chi connectivity index (χ1n) is 11.0. The molecule has 2 aliphatic heterocycles. The minimum Gasteiger partial charge on any atom is -0.369 e. The van der Waals surface area contributed by atoms with Crippen LogP contribution in [0.15, 0.2) is 18.2 Å². The maximum absolute atomic E-state index is 14.3. The highest BCUT2D eigenvalue weighted by atomic mass is 32.1. The molecule has 1 saturated carbocycles. The molecule has 2 amide bonds. The second-order valence-electron chi connectivity index (χ2n) is 8.87. The van der Waals surface area contributed by atoms with Gasteiger partial charge >= 0.3 is 6.18 Å². The number of amides is 2. The van der Waals surface area contributed by atoms with Crippen LogP contribution in [0.1, 0.15) is 87.3 Å². The molecule has 0 spiro atoms. The van der Waals surface area contributed by atoms with E-state index in [0.29, 0.717) is 12.0 Å². The number of carbonyl (C=O) groups is 2. The van der Waals surface area contributed by atoms with Crippen molar-refractivity contribution in [3.63, 3.8) is 0 Å². The van der Waals surface area contributed by atoms with Gasteiger partial charge in [-0.15, -0.1) is 11.3 Å². The van der Waals surface area contributed by atoms with Crippen LogP contribution in [-0.2, 0) is 10.9 Å². The standard InChI is InChI=1S/C23H22F4N2O3S/c24-12-7-3-6-11(23(25,26)27)16(12)21(31)29-22-18(20(28)30)17-15(10-4-1-2-5-10)13-8-9-14(32-13)19(17)33-22/h3,6-7,10,13-15H,1-2,4-5,8-9H2,(H2,28,30)(H,29,31). The van der Waals surface area contributed by atoms with E-state index in [1.165, 1.54) is 0 Å². The highest BCUT2D eigenvalue weighted by molar-refractivity contribution is 7.17. The fourth-order valence-corrected chi connectivity index (χ4v) is 7.01. The third-order valence-electron chi connectivity index (χ3n) is 6.98. The number of fused-ring (bicyclic) bond motifs is 4. The van der Waals surface area contributed by atoms with Gasteiger partial charge in [-0.1, -0.05) is 18.9 Å². The second kappa shape index (κ2) is 8.09. The zero-order chi connectivity index (χ0) is 23.5. The first-order valence-corrected chi connectivity index (χ1v) is 11.8. The summed E-state index contributed by atoms with van der Waals surface area (Å²) in [5, 5.41) is 2.42. The fraction of sp³-hybridized carbons (Fsp3) is 0.478. The van der Waals surface area contributed by atoms with Gasteiger partial charge in [-0.2, -0.15) is 13.2 Å². The van der Waals surface area contributed by atoms with Gasteiger partial charge in [-0.05, 0) is 49.3 Å². The molecule has 3 heterocycles. The van der Waals surface area contributed by atoms with Crippen LogP contribution in [0.4, 0.5) is 22.6 Å². The molecule has 176 valence electrons. The van der Waals surface area contributed by atoms with Gasteiger partial charge in [-0.25, -0.2) is 4.39 Å². The largest absolute Gasteiger partial charge is 0.417 e. The van der Waals surface area contributed by atoms with Crippen molar-refractivity contribution in [2.24, 2.45) is 11.7 Å². The second-order valence-corrected chi connectivity index (χ2v) is 9.93. The van der Waals surface area contributed by atoms with Crippen molar-refractivity contribution in [1.29, 1.82) is 0 Å². The Morgan fingerprint density at radius 2 is 1.82 bits per heavy atom. The molecule has 5 rings (SSSR count). The molecule has 2 fully saturated rings. The van der Waals surface area contributed by atoms with Crippen LogP contribution in [0.3, 0.4) is 0 Å². The Morgan fingerprint density at radius 1 is 1.09 bits per heavy atom. The summed E-state index contributed by atoms with van der Waals surface area (Å²) in [5.74, 6) is -3.07. The predicted octanol–water partition coefficient (Wildman–Crippen LogP) is 5.76. The average molecular weight is 482 g/mol. The summed E-state index contributed by atoms with van der Waals surface area (Å²) in [6.45, 7) is 0. The molecule has 10 heteroatoms. The lowest BCUT2D eigenvalue weighted by atomic mass is 9.78. The molecule has 33 heavy (non-hydrogen) atoms. The number of alkyl halides is 3. The number of benzene rings is 1. The molecule has 3 atom stereocenters. The van der Waals surface area contributed by atoms with Gasteiger partial charge in [0, 0.05) is 10.8 Å². The zero-order valence-corrected chi connectivity index (χ0v) is 18.3. The fourth-order valence-electron chi connectivity index (χ4n) is 5.68. The summed E-state index contributed by atoms with van der Waals surface area (Å²) in [5.41, 5.74) is 4.10. The van der Waals surface area contributed by atoms with Gasteiger partial charge in [0.1, 0.15) is 10.8 Å². The zero-order valence-electron chi connectivity index (χ0n) is 17.5. The monoisotopic (exact) mass is 482 g/mol. The molecular formula is C23H22F4N2O3S. The summed E-state index contributed by atoms with van der Waals surface area (Å²) >= 11 is 1.09. The number of anilines is 1. The van der Waals surface area contributed by atoms with E-state index in [-0.39, 0.29) is 28.7 Å². The van der Waals surface area contributed by atoms with E-state index in [2.05, 4.69) is 5.32 Å². The lowest BCUT2D eigenvalue weighted by Crippen LogP contribution is -2.30. The minimum atomic E-state index is -4.92. The van der Waals surface area contributed by atoms with Gasteiger partial charge in [0.15, 0.2) is 0 Å². The Balaban J connectivity index is 1.58. The van der Waals surface area contributed by atoms with E-state index < -0.39 is 34.9 Å². The highest BCUT2D eigenvalue weighted by Gasteiger charge is 2.48. The number of hydrogen-bond donors (Lipinski definition) is 2. The molecule has 0 radical (unpaired) electrons. The van der Waals surface area contributed by atoms with Crippen LogP contribution in [-0.4, -0.2) is 17.9 Å². The van der Waals surface area contributed by atoms with E-state index in [9.17, 15) is 27.2 Å². The molecule has 1 aromatic carbocycles. The topological polar surface area (TPSA) is 81.4 Å². The van der Waals surface area contributed by atoms with Crippen molar-refractivity contribution in [1.82, 2.24) is 0 Å². The van der Waals surface area contributed by atoms with Crippen LogP contribution < -0.4 is 11.1 Å². The molecule has 3 aliphatic rings. The molecule has 2 aromatic rings. The smallest absolute Gasteiger partial charge is 0.369 e. The first-order chi connectivity index (χ1) is 15.7. The molecule has 1 aliphatic carbocycles. The molecule has 1 saturated heterocycles. The van der Waals surface area contributed by atoms with Crippen molar-refractivity contribution in [3.05, 3.63) is 51.1 Å². The summed E-state index contributed by atoms with van der Waals surface area (Å²) in [4.78, 5) is 26.2. The van der Waals surface area contributed by atoms with Crippen LogP contribution in [0.25, 0.3) is 0 Å². The van der Waals surface area contributed by atoms with Crippen molar-refractivity contribution in [3.8, 4) is 0 Å². The van der Waals surface area contributed by atoms with Crippen LogP contribution >= 0.6 is 11.3 Å². The SMILES string of the molecule is NC(=O)c1c(NC(=O)c2c(F)cccc2C(F)(F)F)sc2c1C(C1CCCC1)C1CCC2O1. The van der Waals surface area contributed by atoms with Crippen molar-refractivity contribution >= 4 is 28.2 Å². The lowest BCUT2D eigenvalue weighted by molar-refractivity contribution is -0.138. The summed E-state index contributed by atoms with van der Waals surface area (Å²) in [7, 11) is 0. The normalized spacial score (nSPS) is 24.7. The molecule has 3 N–H and O–H groups in total. The van der Waals surface area contributed by atoms with Crippen molar-refractivity contribution in [2.45, 2.75) is 62.8 Å². The van der Waals surface area contributed by atoms with Gasteiger partial charge in [0.05, 0.1) is 28.9 Å². The summed E-state index contributed by atoms with van der Waals surface area (Å²) < 4.78 is 60.8. The first kappa shape index (κ1) is 22.3. The van der Waals surface area contributed by atoms with E-state index >= 15 is 0 Å². The van der Waals surface area contributed by atoms with Crippen molar-refractivity contribution in [2.75, 3.05) is 5.32 Å². The number of primary amides is 1. The summed E-state index contributed by atoms with van der Waals surface area (Å²) in [6, 6.07) is 2.34. The molecule has 3 unspecified atom stereocenters. The van der Waals surface area contributed by atoms with E-state index in [1.807, 2.05) is 0 Å². The maximum Gasteiger partial charge on any atom is 0.417 e. The summed E-state index contributed by atoms with van der Waals surface area (Å²) in [6.07, 6.45) is 0.565. The number of nitrogens with one attached hydrogen (secondary N) is 1. The van der Waals surface area contributed by atoms with Crippen LogP contribution in [0, 0.1) is 11.7 Å². The van der Waals surface area contributed by atoms with Gasteiger partial charge in [0.2, 0.25) is 0 Å². The van der Waals surface area contributed by atoms with Crippen LogP contribution in [0.2, 0.25) is 0 Å². The highest BCUT2D eigenvalue weighted by Crippen LogP contribution is 2.57. The van der Waals surface area contributed by atoms with E-state index in [0.717, 1.165) is 72.4 Å². The Bertz CT molecular complexity index is 1120. The third-order valence-corrected chi connectivity index (χ3v) is 8.19.